The van der Waals surface area contributed by atoms with Crippen LogP contribution in [0.15, 0.2) is 12.1 Å². The van der Waals surface area contributed by atoms with E-state index in [-0.39, 0.29) is 7.43 Å². The lowest BCUT2D eigenvalue weighted by Gasteiger charge is -2.36. The number of rotatable bonds is 2. The molecular formula is C13H24N4. The summed E-state index contributed by atoms with van der Waals surface area (Å²) in [4.78, 5) is 9.18. The van der Waals surface area contributed by atoms with Crippen LogP contribution in [0.25, 0.3) is 0 Å². The van der Waals surface area contributed by atoms with Gasteiger partial charge in [0, 0.05) is 26.2 Å². The van der Waals surface area contributed by atoms with Crippen molar-refractivity contribution in [1.82, 2.24) is 9.88 Å². The summed E-state index contributed by atoms with van der Waals surface area (Å²) >= 11 is 0. The molecule has 1 aliphatic heterocycles. The van der Waals surface area contributed by atoms with E-state index < -0.39 is 0 Å². The van der Waals surface area contributed by atoms with E-state index in [1.807, 2.05) is 13.0 Å². The van der Waals surface area contributed by atoms with Crippen LogP contribution in [0, 0.1) is 6.92 Å². The van der Waals surface area contributed by atoms with Crippen molar-refractivity contribution in [3.63, 3.8) is 0 Å². The van der Waals surface area contributed by atoms with Crippen LogP contribution in [0.3, 0.4) is 0 Å². The molecule has 0 spiro atoms. The van der Waals surface area contributed by atoms with Gasteiger partial charge in [0.15, 0.2) is 0 Å². The number of nitrogens with two attached hydrogens (primary N) is 1. The summed E-state index contributed by atoms with van der Waals surface area (Å²) in [5.41, 5.74) is 7.92. The molecule has 1 aromatic heterocycles. The number of aromatic nitrogens is 1. The zero-order chi connectivity index (χ0) is 11.5. The van der Waals surface area contributed by atoms with E-state index in [0.29, 0.717) is 5.82 Å². The summed E-state index contributed by atoms with van der Waals surface area (Å²) in [5, 5.41) is 0. The SMILES string of the molecule is C.CCN1CCN(c2ccc(N)nc2C)CC1. The second-order valence-corrected chi connectivity index (χ2v) is 4.26. The van der Waals surface area contributed by atoms with E-state index in [2.05, 4.69) is 27.8 Å². The van der Waals surface area contributed by atoms with Crippen LogP contribution >= 0.6 is 0 Å². The summed E-state index contributed by atoms with van der Waals surface area (Å²) in [6, 6.07) is 3.97. The van der Waals surface area contributed by atoms with Crippen LogP contribution in [0.4, 0.5) is 11.5 Å². The first-order chi connectivity index (χ1) is 7.70. The van der Waals surface area contributed by atoms with Gasteiger partial charge >= 0.3 is 0 Å². The fourth-order valence-electron chi connectivity index (χ4n) is 2.21. The van der Waals surface area contributed by atoms with Crippen molar-refractivity contribution in [3.05, 3.63) is 17.8 Å². The van der Waals surface area contributed by atoms with E-state index in [9.17, 15) is 0 Å². The maximum absolute atomic E-state index is 5.66. The lowest BCUT2D eigenvalue weighted by molar-refractivity contribution is 0.271. The number of pyridine rings is 1. The molecule has 0 radical (unpaired) electrons. The van der Waals surface area contributed by atoms with Crippen molar-refractivity contribution in [2.45, 2.75) is 21.3 Å². The highest BCUT2D eigenvalue weighted by atomic mass is 15.3. The Morgan fingerprint density at radius 3 is 2.41 bits per heavy atom. The number of nitrogen functional groups attached to an aromatic ring is 1. The van der Waals surface area contributed by atoms with Gasteiger partial charge in [-0.1, -0.05) is 14.4 Å². The fraction of sp³-hybridized carbons (Fsp3) is 0.615. The van der Waals surface area contributed by atoms with Gasteiger partial charge in [-0.2, -0.15) is 0 Å². The molecule has 17 heavy (non-hydrogen) atoms. The Kier molecular flexibility index (Phi) is 4.75. The van der Waals surface area contributed by atoms with Gasteiger partial charge in [-0.05, 0) is 25.6 Å². The summed E-state index contributed by atoms with van der Waals surface area (Å²) in [6.45, 7) is 9.83. The third-order valence-corrected chi connectivity index (χ3v) is 3.24. The van der Waals surface area contributed by atoms with Crippen LogP contribution in [0.1, 0.15) is 20.0 Å². The summed E-state index contributed by atoms with van der Waals surface area (Å²) in [7, 11) is 0. The molecule has 1 aromatic rings. The number of hydrogen-bond acceptors (Lipinski definition) is 4. The molecule has 0 atom stereocenters. The van der Waals surface area contributed by atoms with Gasteiger partial charge in [0.1, 0.15) is 5.82 Å². The highest BCUT2D eigenvalue weighted by Crippen LogP contribution is 2.20. The van der Waals surface area contributed by atoms with Crippen molar-refractivity contribution in [2.75, 3.05) is 43.4 Å². The number of aryl methyl sites for hydroxylation is 1. The highest BCUT2D eigenvalue weighted by molar-refractivity contribution is 5.53. The third-order valence-electron chi connectivity index (χ3n) is 3.24. The quantitative estimate of drug-likeness (QED) is 0.849. The van der Waals surface area contributed by atoms with Crippen LogP contribution in [0.5, 0.6) is 0 Å². The lowest BCUT2D eigenvalue weighted by atomic mass is 10.2. The topological polar surface area (TPSA) is 45.4 Å². The number of likely N-dealkylation sites (N-methyl/N-ethyl adjacent to an activating group) is 1. The van der Waals surface area contributed by atoms with Crippen LogP contribution in [-0.4, -0.2) is 42.6 Å². The van der Waals surface area contributed by atoms with Crippen LogP contribution in [-0.2, 0) is 0 Å². The normalized spacial score (nSPS) is 16.7. The zero-order valence-electron chi connectivity index (χ0n) is 10.1. The highest BCUT2D eigenvalue weighted by Gasteiger charge is 2.17. The van der Waals surface area contributed by atoms with Gasteiger partial charge in [-0.3, -0.25) is 0 Å². The van der Waals surface area contributed by atoms with Crippen LogP contribution in [0.2, 0.25) is 0 Å². The Morgan fingerprint density at radius 1 is 1.24 bits per heavy atom. The second-order valence-electron chi connectivity index (χ2n) is 4.26. The van der Waals surface area contributed by atoms with Gasteiger partial charge in [0.25, 0.3) is 0 Å². The molecule has 0 saturated carbocycles. The molecule has 1 aliphatic rings. The van der Waals surface area contributed by atoms with E-state index >= 15 is 0 Å². The minimum atomic E-state index is 0. The first-order valence-corrected chi connectivity index (χ1v) is 5.91. The van der Waals surface area contributed by atoms with E-state index in [4.69, 9.17) is 5.73 Å². The number of hydrogen-bond donors (Lipinski definition) is 1. The molecule has 96 valence electrons. The molecule has 2 rings (SSSR count). The Morgan fingerprint density at radius 2 is 1.88 bits per heavy atom. The van der Waals surface area contributed by atoms with Crippen molar-refractivity contribution in [3.8, 4) is 0 Å². The van der Waals surface area contributed by atoms with Gasteiger partial charge in [-0.15, -0.1) is 0 Å². The molecular weight excluding hydrogens is 212 g/mol. The predicted molar refractivity (Wildman–Crippen MR) is 74.4 cm³/mol. The van der Waals surface area contributed by atoms with Crippen molar-refractivity contribution in [2.24, 2.45) is 0 Å². The van der Waals surface area contributed by atoms with Gasteiger partial charge < -0.3 is 15.5 Å². The number of piperazine rings is 1. The van der Waals surface area contributed by atoms with Crippen molar-refractivity contribution in [1.29, 1.82) is 0 Å². The molecule has 2 N–H and O–H groups in total. The molecule has 4 nitrogen and oxygen atoms in total. The Bertz CT molecular complexity index is 356. The molecule has 0 aliphatic carbocycles. The molecule has 0 amide bonds. The third kappa shape index (κ3) is 3.09. The first-order valence-electron chi connectivity index (χ1n) is 5.91. The van der Waals surface area contributed by atoms with Gasteiger partial charge in [0.05, 0.1) is 11.4 Å². The molecule has 1 fully saturated rings. The standard InChI is InChI=1S/C12H20N4.CH4/c1-3-15-6-8-16(9-7-15)11-4-5-12(13)14-10(11)2;/h4-5H,3,6-9H2,1-2H3,(H2,13,14);1H4. The molecule has 1 saturated heterocycles. The van der Waals surface area contributed by atoms with Crippen molar-refractivity contribution >= 4 is 11.5 Å². The average molecular weight is 236 g/mol. The van der Waals surface area contributed by atoms with E-state index in [0.717, 1.165) is 38.4 Å². The maximum Gasteiger partial charge on any atom is 0.123 e. The van der Waals surface area contributed by atoms with Gasteiger partial charge in [0.2, 0.25) is 0 Å². The largest absolute Gasteiger partial charge is 0.384 e. The Hall–Kier alpha value is -1.29. The summed E-state index contributed by atoms with van der Waals surface area (Å²) in [6.07, 6.45) is 0. The monoisotopic (exact) mass is 236 g/mol. The van der Waals surface area contributed by atoms with E-state index in [1.54, 1.807) is 0 Å². The molecule has 0 aromatic carbocycles. The van der Waals surface area contributed by atoms with Gasteiger partial charge in [-0.25, -0.2) is 4.98 Å². The Balaban J connectivity index is 0.00000144. The molecule has 0 bridgehead atoms. The van der Waals surface area contributed by atoms with Crippen molar-refractivity contribution < 1.29 is 0 Å². The fourth-order valence-corrected chi connectivity index (χ4v) is 2.21. The Labute approximate surface area is 104 Å². The average Bonchev–Trinajstić information content (AvgIpc) is 2.29. The first kappa shape index (κ1) is 13.8. The number of anilines is 2. The minimum Gasteiger partial charge on any atom is -0.384 e. The smallest absolute Gasteiger partial charge is 0.123 e. The predicted octanol–water partition coefficient (Wildman–Crippen LogP) is 1.75. The van der Waals surface area contributed by atoms with Crippen LogP contribution < -0.4 is 10.6 Å². The zero-order valence-corrected chi connectivity index (χ0v) is 10.1. The molecule has 4 heteroatoms. The lowest BCUT2D eigenvalue weighted by Crippen LogP contribution is -2.46. The molecule has 2 heterocycles. The van der Waals surface area contributed by atoms with E-state index in [1.165, 1.54) is 5.69 Å². The molecule has 0 unspecified atom stereocenters. The summed E-state index contributed by atoms with van der Waals surface area (Å²) < 4.78 is 0. The minimum absolute atomic E-state index is 0. The second kappa shape index (κ2) is 5.87. The summed E-state index contributed by atoms with van der Waals surface area (Å²) in [5.74, 6) is 0.605. The maximum atomic E-state index is 5.66. The number of nitrogens with zero attached hydrogens (tertiary/aromatic N) is 3.